The van der Waals surface area contributed by atoms with E-state index >= 15 is 0 Å². The van der Waals surface area contributed by atoms with Crippen molar-refractivity contribution in [3.63, 3.8) is 0 Å². The Hall–Kier alpha value is -6.01. The number of carbonyl (C=O) groups is 1. The first-order valence-electron chi connectivity index (χ1n) is 15.0. The van der Waals surface area contributed by atoms with Crippen LogP contribution in [0.5, 0.6) is 5.75 Å². The Bertz CT molecular complexity index is 2210. The second-order valence-corrected chi connectivity index (χ2v) is 11.3. The quantitative estimate of drug-likeness (QED) is 0.171. The number of ether oxygens (including phenoxy) is 1. The number of amides is 1. The number of aromatic amines is 2. The third-order valence-corrected chi connectivity index (χ3v) is 7.54. The standard InChI is InChI=1S/C35H30FN9O2/c1-45(2)10-11-47-26-15-22(13-24(36)16-26)27-19-38-20-30-32(27)42-35(41-30)34-33-29(43-44-34)9-8-28(40-33)23-14-25(18-37-17-23)39-31(46)12-21-6-4-3-5-7-21/h3-9,13-20H,10-12H2,1-2H3,(H,39,46)(H,41,42)(H,43,44). The molecule has 3 N–H and O–H groups in total. The third-order valence-electron chi connectivity index (χ3n) is 7.54. The third kappa shape index (κ3) is 6.53. The van der Waals surface area contributed by atoms with Crippen LogP contribution in [0, 0.1) is 5.82 Å². The lowest BCUT2D eigenvalue weighted by molar-refractivity contribution is -0.115. The van der Waals surface area contributed by atoms with Gasteiger partial charge in [-0.25, -0.2) is 14.4 Å². The molecule has 12 heteroatoms. The minimum absolute atomic E-state index is 0.138. The molecule has 0 radical (unpaired) electrons. The molecule has 234 valence electrons. The van der Waals surface area contributed by atoms with Crippen LogP contribution in [0.15, 0.2) is 91.5 Å². The van der Waals surface area contributed by atoms with E-state index in [2.05, 4.69) is 30.5 Å². The molecule has 0 aliphatic carbocycles. The minimum Gasteiger partial charge on any atom is -0.492 e. The number of carbonyl (C=O) groups excluding carboxylic acids is 1. The topological polar surface area (TPSA) is 138 Å². The van der Waals surface area contributed by atoms with Gasteiger partial charge in [0.05, 0.1) is 46.7 Å². The molecule has 0 atom stereocenters. The summed E-state index contributed by atoms with van der Waals surface area (Å²) in [6, 6.07) is 19.7. The Kier molecular flexibility index (Phi) is 8.07. The number of nitrogens with one attached hydrogen (secondary N) is 3. The van der Waals surface area contributed by atoms with Gasteiger partial charge in [-0.3, -0.25) is 19.9 Å². The molecule has 11 nitrogen and oxygen atoms in total. The molecule has 0 bridgehead atoms. The molecule has 2 aromatic carbocycles. The number of hydrogen-bond acceptors (Lipinski definition) is 8. The molecule has 0 unspecified atom stereocenters. The highest BCUT2D eigenvalue weighted by Gasteiger charge is 2.18. The normalized spacial score (nSPS) is 11.4. The van der Waals surface area contributed by atoms with E-state index in [1.807, 2.05) is 67.5 Å². The number of benzene rings is 2. The fourth-order valence-electron chi connectivity index (χ4n) is 5.26. The summed E-state index contributed by atoms with van der Waals surface area (Å²) in [7, 11) is 3.90. The zero-order valence-corrected chi connectivity index (χ0v) is 25.7. The summed E-state index contributed by atoms with van der Waals surface area (Å²) in [5.74, 6) is 0.350. The Morgan fingerprint density at radius 3 is 2.60 bits per heavy atom. The van der Waals surface area contributed by atoms with Crippen LogP contribution < -0.4 is 10.1 Å². The molecule has 1 amide bonds. The number of halogens is 1. The Morgan fingerprint density at radius 1 is 0.894 bits per heavy atom. The summed E-state index contributed by atoms with van der Waals surface area (Å²) >= 11 is 0. The molecule has 0 saturated carbocycles. The Morgan fingerprint density at radius 2 is 1.74 bits per heavy atom. The van der Waals surface area contributed by atoms with E-state index in [0.29, 0.717) is 75.0 Å². The zero-order valence-electron chi connectivity index (χ0n) is 25.7. The van der Waals surface area contributed by atoms with Gasteiger partial charge in [0.25, 0.3) is 0 Å². The van der Waals surface area contributed by atoms with Gasteiger partial charge in [-0.15, -0.1) is 0 Å². The Labute approximate surface area is 268 Å². The Balaban J connectivity index is 1.18. The number of fused-ring (bicyclic) bond motifs is 2. The van der Waals surface area contributed by atoms with Crippen LogP contribution in [0.2, 0.25) is 0 Å². The van der Waals surface area contributed by atoms with E-state index in [4.69, 9.17) is 14.7 Å². The van der Waals surface area contributed by atoms with Crippen molar-refractivity contribution in [2.75, 3.05) is 32.6 Å². The van der Waals surface area contributed by atoms with E-state index in [9.17, 15) is 9.18 Å². The van der Waals surface area contributed by atoms with E-state index in [1.165, 1.54) is 12.1 Å². The van der Waals surface area contributed by atoms with Gasteiger partial charge in [-0.05, 0) is 55.6 Å². The molecule has 5 heterocycles. The zero-order chi connectivity index (χ0) is 32.3. The first-order chi connectivity index (χ1) is 22.9. The van der Waals surface area contributed by atoms with Crippen LogP contribution in [0.4, 0.5) is 10.1 Å². The monoisotopic (exact) mass is 627 g/mol. The highest BCUT2D eigenvalue weighted by Crippen LogP contribution is 2.33. The summed E-state index contributed by atoms with van der Waals surface area (Å²) in [4.78, 5) is 36.4. The number of hydrogen-bond donors (Lipinski definition) is 3. The molecule has 0 saturated heterocycles. The van der Waals surface area contributed by atoms with Crippen molar-refractivity contribution in [3.05, 3.63) is 103 Å². The average Bonchev–Trinajstić information content (AvgIpc) is 3.69. The molecule has 7 rings (SSSR count). The number of aromatic nitrogens is 7. The molecule has 0 spiro atoms. The molecule has 47 heavy (non-hydrogen) atoms. The van der Waals surface area contributed by atoms with E-state index in [-0.39, 0.29) is 12.3 Å². The lowest BCUT2D eigenvalue weighted by Crippen LogP contribution is -2.19. The maximum absolute atomic E-state index is 14.7. The predicted octanol–water partition coefficient (Wildman–Crippen LogP) is 5.89. The van der Waals surface area contributed by atoms with E-state index in [0.717, 1.165) is 11.1 Å². The van der Waals surface area contributed by atoms with Crippen molar-refractivity contribution in [1.29, 1.82) is 0 Å². The number of likely N-dealkylation sites (N-methyl/N-ethyl adjacent to an activating group) is 1. The SMILES string of the molecule is CN(C)CCOc1cc(F)cc(-c2cncc3[nH]c(-c4n[nH]c5ccc(-c6cncc(NC(=O)Cc7ccccc7)c6)nc45)nc23)c1. The number of anilines is 1. The first-order valence-corrected chi connectivity index (χ1v) is 15.0. The van der Waals surface area contributed by atoms with Gasteiger partial charge in [0.15, 0.2) is 11.5 Å². The maximum atomic E-state index is 14.7. The molecular weight excluding hydrogens is 597 g/mol. The highest BCUT2D eigenvalue weighted by atomic mass is 19.1. The van der Waals surface area contributed by atoms with E-state index < -0.39 is 5.82 Å². The predicted molar refractivity (Wildman–Crippen MR) is 178 cm³/mol. The fourth-order valence-corrected chi connectivity index (χ4v) is 5.26. The van der Waals surface area contributed by atoms with Crippen LogP contribution >= 0.6 is 0 Å². The summed E-state index contributed by atoms with van der Waals surface area (Å²) < 4.78 is 20.5. The van der Waals surface area contributed by atoms with Crippen molar-refractivity contribution in [2.45, 2.75) is 6.42 Å². The second-order valence-electron chi connectivity index (χ2n) is 11.3. The van der Waals surface area contributed by atoms with Gasteiger partial charge in [-0.2, -0.15) is 5.10 Å². The number of imidazole rings is 1. The van der Waals surface area contributed by atoms with E-state index in [1.54, 1.807) is 30.9 Å². The molecule has 7 aromatic rings. The van der Waals surface area contributed by atoms with Gasteiger partial charge in [0.1, 0.15) is 23.7 Å². The summed E-state index contributed by atoms with van der Waals surface area (Å²) in [6.07, 6.45) is 6.87. The number of H-pyrrole nitrogens is 2. The average molecular weight is 628 g/mol. The summed E-state index contributed by atoms with van der Waals surface area (Å²) in [6.45, 7) is 1.13. The van der Waals surface area contributed by atoms with Crippen molar-refractivity contribution < 1.29 is 13.9 Å². The minimum atomic E-state index is -0.417. The lowest BCUT2D eigenvalue weighted by Gasteiger charge is -2.12. The molecular formula is C35H30FN9O2. The van der Waals surface area contributed by atoms with Gasteiger partial charge < -0.3 is 19.9 Å². The summed E-state index contributed by atoms with van der Waals surface area (Å²) in [5, 5.41) is 10.5. The molecule has 0 aliphatic heterocycles. The van der Waals surface area contributed by atoms with Gasteiger partial charge >= 0.3 is 0 Å². The van der Waals surface area contributed by atoms with Crippen LogP contribution in [-0.4, -0.2) is 73.2 Å². The van der Waals surface area contributed by atoms with Crippen molar-refractivity contribution >= 4 is 33.7 Å². The van der Waals surface area contributed by atoms with Crippen LogP contribution in [0.25, 0.3) is 56.0 Å². The maximum Gasteiger partial charge on any atom is 0.228 e. The molecule has 5 aromatic heterocycles. The van der Waals surface area contributed by atoms with Crippen molar-refractivity contribution in [1.82, 2.24) is 40.0 Å². The van der Waals surface area contributed by atoms with Crippen LogP contribution in [-0.2, 0) is 11.2 Å². The number of pyridine rings is 3. The van der Waals surface area contributed by atoms with Gasteiger partial charge in [-0.1, -0.05) is 30.3 Å². The largest absolute Gasteiger partial charge is 0.492 e. The van der Waals surface area contributed by atoms with Crippen molar-refractivity contribution in [3.8, 4) is 39.7 Å². The smallest absolute Gasteiger partial charge is 0.228 e. The first kappa shape index (κ1) is 29.7. The summed E-state index contributed by atoms with van der Waals surface area (Å²) in [5.41, 5.74) is 7.19. The second kappa shape index (κ2) is 12.8. The highest BCUT2D eigenvalue weighted by molar-refractivity contribution is 5.96. The van der Waals surface area contributed by atoms with Gasteiger partial charge in [0, 0.05) is 36.1 Å². The molecule has 0 aliphatic rings. The molecule has 0 fully saturated rings. The van der Waals surface area contributed by atoms with Gasteiger partial charge in [0.2, 0.25) is 5.91 Å². The van der Waals surface area contributed by atoms with Crippen LogP contribution in [0.3, 0.4) is 0 Å². The fraction of sp³-hybridized carbons (Fsp3) is 0.143. The van der Waals surface area contributed by atoms with Crippen molar-refractivity contribution in [2.24, 2.45) is 0 Å². The number of rotatable bonds is 10. The number of nitrogens with zero attached hydrogens (tertiary/aromatic N) is 6. The lowest BCUT2D eigenvalue weighted by atomic mass is 10.1. The van der Waals surface area contributed by atoms with Crippen LogP contribution in [0.1, 0.15) is 5.56 Å².